The molecule has 0 radical (unpaired) electrons. The Morgan fingerprint density at radius 1 is 1.45 bits per heavy atom. The van der Waals surface area contributed by atoms with E-state index in [1.165, 1.54) is 18.6 Å². The molecule has 2 fully saturated rings. The van der Waals surface area contributed by atoms with Gasteiger partial charge in [-0.15, -0.1) is 0 Å². The number of carbonyl (C=O) groups excluding carboxylic acids is 1. The zero-order valence-electron chi connectivity index (χ0n) is 11.8. The number of benzene rings is 1. The maximum Gasteiger partial charge on any atom is 0.224 e. The Balaban J connectivity index is 1.49. The van der Waals surface area contributed by atoms with Gasteiger partial charge in [-0.2, -0.15) is 0 Å². The fourth-order valence-corrected chi connectivity index (χ4v) is 3.51. The van der Waals surface area contributed by atoms with E-state index in [-0.39, 0.29) is 17.6 Å². The van der Waals surface area contributed by atoms with Crippen LogP contribution in [0.4, 0.5) is 4.39 Å². The molecule has 108 valence electrons. The van der Waals surface area contributed by atoms with Crippen LogP contribution >= 0.6 is 0 Å². The van der Waals surface area contributed by atoms with Crippen LogP contribution in [0.5, 0.6) is 0 Å². The number of hydrogen-bond acceptors (Lipinski definition) is 2. The highest BCUT2D eigenvalue weighted by Crippen LogP contribution is 2.33. The van der Waals surface area contributed by atoms with Crippen molar-refractivity contribution in [1.29, 1.82) is 0 Å². The molecular weight excluding hydrogens is 255 g/mol. The third-order valence-corrected chi connectivity index (χ3v) is 4.64. The van der Waals surface area contributed by atoms with Crippen molar-refractivity contribution in [2.24, 2.45) is 5.92 Å². The van der Waals surface area contributed by atoms with Gasteiger partial charge >= 0.3 is 0 Å². The molecule has 3 rings (SSSR count). The average molecular weight is 276 g/mol. The smallest absolute Gasteiger partial charge is 0.224 e. The number of amides is 1. The summed E-state index contributed by atoms with van der Waals surface area (Å²) in [5, 5.41) is 6.51. The average Bonchev–Trinajstić information content (AvgIpc) is 3.03. The summed E-state index contributed by atoms with van der Waals surface area (Å²) >= 11 is 0. The maximum atomic E-state index is 13.0. The molecule has 2 aliphatic rings. The molecule has 2 bridgehead atoms. The second kappa shape index (κ2) is 5.52. The lowest BCUT2D eigenvalue weighted by molar-refractivity contribution is -0.125. The molecule has 1 aromatic carbocycles. The van der Waals surface area contributed by atoms with Gasteiger partial charge in [-0.1, -0.05) is 6.07 Å². The van der Waals surface area contributed by atoms with Gasteiger partial charge in [0.15, 0.2) is 0 Å². The highest BCUT2D eigenvalue weighted by atomic mass is 19.1. The molecule has 1 aromatic rings. The summed E-state index contributed by atoms with van der Waals surface area (Å²) in [5.41, 5.74) is 2.04. The van der Waals surface area contributed by atoms with Gasteiger partial charge in [0, 0.05) is 18.6 Å². The van der Waals surface area contributed by atoms with E-state index in [1.54, 1.807) is 6.07 Å². The van der Waals surface area contributed by atoms with Gasteiger partial charge in [-0.05, 0) is 55.9 Å². The minimum Gasteiger partial charge on any atom is -0.355 e. The molecule has 0 aromatic heterocycles. The third-order valence-electron chi connectivity index (χ3n) is 4.64. The van der Waals surface area contributed by atoms with Crippen LogP contribution in [0.3, 0.4) is 0 Å². The SMILES string of the molecule is Cc1cc(F)ccc1CCNC(=O)C1CC2CCC1N2. The van der Waals surface area contributed by atoms with Crippen molar-refractivity contribution in [2.45, 2.75) is 44.7 Å². The molecule has 2 saturated heterocycles. The third kappa shape index (κ3) is 2.70. The Bertz CT molecular complexity index is 517. The van der Waals surface area contributed by atoms with Crippen molar-refractivity contribution in [3.05, 3.63) is 35.1 Å². The summed E-state index contributed by atoms with van der Waals surface area (Å²) in [7, 11) is 0. The lowest BCUT2D eigenvalue weighted by Gasteiger charge is -2.19. The van der Waals surface area contributed by atoms with Gasteiger partial charge in [0.1, 0.15) is 5.82 Å². The van der Waals surface area contributed by atoms with Crippen LogP contribution in [-0.2, 0) is 11.2 Å². The van der Waals surface area contributed by atoms with Crippen LogP contribution in [0.2, 0.25) is 0 Å². The van der Waals surface area contributed by atoms with Gasteiger partial charge in [-0.3, -0.25) is 4.79 Å². The van der Waals surface area contributed by atoms with Crippen molar-refractivity contribution in [3.63, 3.8) is 0 Å². The number of fused-ring (bicyclic) bond motifs is 2. The zero-order chi connectivity index (χ0) is 14.1. The lowest BCUT2D eigenvalue weighted by Crippen LogP contribution is -2.38. The van der Waals surface area contributed by atoms with Crippen LogP contribution in [0.25, 0.3) is 0 Å². The summed E-state index contributed by atoms with van der Waals surface area (Å²) in [6.45, 7) is 2.53. The predicted octanol–water partition coefficient (Wildman–Crippen LogP) is 1.93. The van der Waals surface area contributed by atoms with E-state index < -0.39 is 0 Å². The normalized spacial score (nSPS) is 27.8. The van der Waals surface area contributed by atoms with Gasteiger partial charge in [0.2, 0.25) is 5.91 Å². The van der Waals surface area contributed by atoms with E-state index in [1.807, 2.05) is 6.92 Å². The first-order valence-corrected chi connectivity index (χ1v) is 7.42. The summed E-state index contributed by atoms with van der Waals surface area (Å²) in [5.74, 6) is 0.107. The first-order chi connectivity index (χ1) is 9.63. The molecule has 3 unspecified atom stereocenters. The largest absolute Gasteiger partial charge is 0.355 e. The number of halogens is 1. The molecule has 3 nitrogen and oxygen atoms in total. The van der Waals surface area contributed by atoms with Gasteiger partial charge < -0.3 is 10.6 Å². The molecule has 2 aliphatic heterocycles. The Kier molecular flexibility index (Phi) is 3.74. The van der Waals surface area contributed by atoms with E-state index in [0.29, 0.717) is 18.6 Å². The van der Waals surface area contributed by atoms with E-state index in [2.05, 4.69) is 10.6 Å². The molecular formula is C16H21FN2O. The second-order valence-corrected chi connectivity index (χ2v) is 6.00. The monoisotopic (exact) mass is 276 g/mol. The highest BCUT2D eigenvalue weighted by molar-refractivity contribution is 5.80. The molecule has 20 heavy (non-hydrogen) atoms. The topological polar surface area (TPSA) is 41.1 Å². The highest BCUT2D eigenvalue weighted by Gasteiger charge is 2.42. The zero-order valence-corrected chi connectivity index (χ0v) is 11.8. The predicted molar refractivity (Wildman–Crippen MR) is 75.9 cm³/mol. The minimum absolute atomic E-state index is 0.142. The Hall–Kier alpha value is -1.42. The van der Waals surface area contributed by atoms with Gasteiger partial charge in [0.25, 0.3) is 0 Å². The Labute approximate surface area is 118 Å². The first-order valence-electron chi connectivity index (χ1n) is 7.42. The fraction of sp³-hybridized carbons (Fsp3) is 0.562. The van der Waals surface area contributed by atoms with Crippen LogP contribution in [0, 0.1) is 18.7 Å². The van der Waals surface area contributed by atoms with Crippen molar-refractivity contribution in [2.75, 3.05) is 6.54 Å². The summed E-state index contributed by atoms with van der Waals surface area (Å²) in [6, 6.07) is 5.75. The number of rotatable bonds is 4. The first kappa shape index (κ1) is 13.6. The lowest BCUT2D eigenvalue weighted by atomic mass is 9.88. The van der Waals surface area contributed by atoms with Crippen molar-refractivity contribution >= 4 is 5.91 Å². The number of carbonyl (C=O) groups is 1. The van der Waals surface area contributed by atoms with E-state index in [4.69, 9.17) is 0 Å². The fourth-order valence-electron chi connectivity index (χ4n) is 3.51. The Morgan fingerprint density at radius 2 is 2.30 bits per heavy atom. The van der Waals surface area contributed by atoms with Crippen molar-refractivity contribution in [3.8, 4) is 0 Å². The van der Waals surface area contributed by atoms with Gasteiger partial charge in [-0.25, -0.2) is 4.39 Å². The van der Waals surface area contributed by atoms with Gasteiger partial charge in [0.05, 0.1) is 5.92 Å². The number of aryl methyl sites for hydroxylation is 1. The van der Waals surface area contributed by atoms with E-state index in [9.17, 15) is 9.18 Å². The van der Waals surface area contributed by atoms with Crippen LogP contribution in [0.1, 0.15) is 30.4 Å². The molecule has 1 amide bonds. The molecule has 0 aliphatic carbocycles. The molecule has 2 N–H and O–H groups in total. The van der Waals surface area contributed by atoms with E-state index >= 15 is 0 Å². The van der Waals surface area contributed by atoms with Crippen LogP contribution in [0.15, 0.2) is 18.2 Å². The molecule has 0 spiro atoms. The maximum absolute atomic E-state index is 13.0. The Morgan fingerprint density at radius 3 is 2.95 bits per heavy atom. The second-order valence-electron chi connectivity index (χ2n) is 6.00. The quantitative estimate of drug-likeness (QED) is 0.882. The number of nitrogens with one attached hydrogen (secondary N) is 2. The van der Waals surface area contributed by atoms with Crippen LogP contribution < -0.4 is 10.6 Å². The minimum atomic E-state index is -0.205. The molecule has 2 heterocycles. The summed E-state index contributed by atoms with van der Waals surface area (Å²) in [4.78, 5) is 12.2. The van der Waals surface area contributed by atoms with E-state index in [0.717, 1.165) is 30.4 Å². The van der Waals surface area contributed by atoms with Crippen molar-refractivity contribution in [1.82, 2.24) is 10.6 Å². The summed E-state index contributed by atoms with van der Waals surface area (Å²) in [6.07, 6.45) is 4.07. The molecule has 3 atom stereocenters. The standard InChI is InChI=1S/C16H21FN2O/c1-10-8-12(17)3-2-11(10)6-7-18-16(20)14-9-13-4-5-15(14)19-13/h2-3,8,13-15,19H,4-7,9H2,1H3,(H,18,20). The molecule has 4 heteroatoms. The summed E-state index contributed by atoms with van der Waals surface area (Å²) < 4.78 is 13.0. The molecule has 0 saturated carbocycles. The number of hydrogen-bond donors (Lipinski definition) is 2. The van der Waals surface area contributed by atoms with Crippen LogP contribution in [-0.4, -0.2) is 24.5 Å². The van der Waals surface area contributed by atoms with Crippen molar-refractivity contribution < 1.29 is 9.18 Å².